The van der Waals surface area contributed by atoms with Crippen LogP contribution in [0.4, 0.5) is 13.2 Å². The third kappa shape index (κ3) is 4.72. The molecule has 6 nitrogen and oxygen atoms in total. The highest BCUT2D eigenvalue weighted by molar-refractivity contribution is 7.09. The molecular weight excluding hydrogens is 319 g/mol. The van der Waals surface area contributed by atoms with Gasteiger partial charge in [-0.15, -0.1) is 11.3 Å². The molecule has 0 atom stereocenters. The minimum Gasteiger partial charge on any atom is -0.364 e. The molecule has 2 N–H and O–H groups in total. The van der Waals surface area contributed by atoms with E-state index in [1.165, 1.54) is 6.26 Å². The average molecular weight is 333 g/mol. The van der Waals surface area contributed by atoms with Gasteiger partial charge in [-0.2, -0.15) is 13.2 Å². The molecule has 22 heavy (non-hydrogen) atoms. The Morgan fingerprint density at radius 1 is 1.41 bits per heavy atom. The van der Waals surface area contributed by atoms with E-state index in [-0.39, 0.29) is 6.54 Å². The molecular formula is C12H14F3N5OS. The zero-order valence-electron chi connectivity index (χ0n) is 11.6. The van der Waals surface area contributed by atoms with Crippen molar-refractivity contribution >= 4 is 17.3 Å². The summed E-state index contributed by atoms with van der Waals surface area (Å²) in [7, 11) is 0. The van der Waals surface area contributed by atoms with Crippen LogP contribution in [0.3, 0.4) is 0 Å². The Hall–Kier alpha value is -2.10. The fraction of sp³-hybridized carbons (Fsp3) is 0.417. The predicted octanol–water partition coefficient (Wildman–Crippen LogP) is 2.41. The first-order valence-corrected chi connectivity index (χ1v) is 7.30. The lowest BCUT2D eigenvalue weighted by molar-refractivity contribution is -0.140. The third-order valence-electron chi connectivity index (χ3n) is 2.48. The van der Waals surface area contributed by atoms with Crippen LogP contribution < -0.4 is 10.6 Å². The van der Waals surface area contributed by atoms with E-state index in [1.807, 2.05) is 6.92 Å². The Bertz CT molecular complexity index is 609. The first-order valence-electron chi connectivity index (χ1n) is 6.42. The summed E-state index contributed by atoms with van der Waals surface area (Å²) in [5, 5.41) is 11.0. The smallest absolute Gasteiger partial charge is 0.364 e. The van der Waals surface area contributed by atoms with E-state index < -0.39 is 11.9 Å². The van der Waals surface area contributed by atoms with Crippen molar-refractivity contribution in [1.29, 1.82) is 0 Å². The number of halogens is 3. The van der Waals surface area contributed by atoms with E-state index in [1.54, 1.807) is 6.07 Å². The summed E-state index contributed by atoms with van der Waals surface area (Å²) in [6, 6.07) is 1.68. The molecule has 0 fully saturated rings. The summed E-state index contributed by atoms with van der Waals surface area (Å²) in [6.07, 6.45) is -2.97. The van der Waals surface area contributed by atoms with Crippen LogP contribution in [-0.4, -0.2) is 22.6 Å². The summed E-state index contributed by atoms with van der Waals surface area (Å²) in [5.41, 5.74) is -0.218. The number of aliphatic imine (C=N–C) groups is 1. The van der Waals surface area contributed by atoms with Crippen LogP contribution in [0.15, 0.2) is 27.2 Å². The minimum atomic E-state index is -4.42. The van der Waals surface area contributed by atoms with Crippen LogP contribution in [0.2, 0.25) is 0 Å². The Balaban J connectivity index is 1.93. The second kappa shape index (κ2) is 7.25. The molecule has 0 saturated heterocycles. The zero-order valence-corrected chi connectivity index (χ0v) is 12.5. The number of hydrogen-bond acceptors (Lipinski definition) is 5. The van der Waals surface area contributed by atoms with Gasteiger partial charge in [0.2, 0.25) is 0 Å². The summed E-state index contributed by atoms with van der Waals surface area (Å²) in [4.78, 5) is 7.80. The second-order valence-electron chi connectivity index (χ2n) is 4.16. The van der Waals surface area contributed by atoms with Gasteiger partial charge in [0.15, 0.2) is 11.7 Å². The molecule has 0 aliphatic heterocycles. The standard InChI is InChI=1S/C12H14F3N5OS/c1-2-16-11(17-5-8-3-4-21-20-8)18-6-10-19-9(7-22-10)12(13,14)15/h3-4,7H,2,5-6H2,1H3,(H2,16,17,18). The SMILES string of the molecule is CCNC(=NCc1ccon1)NCc1nc(C(F)(F)F)cs1. The Labute approximate surface area is 128 Å². The van der Waals surface area contributed by atoms with Crippen molar-refractivity contribution in [1.82, 2.24) is 20.8 Å². The maximum absolute atomic E-state index is 12.5. The van der Waals surface area contributed by atoms with E-state index in [0.717, 1.165) is 16.7 Å². The summed E-state index contributed by atoms with van der Waals surface area (Å²) < 4.78 is 42.1. The number of rotatable bonds is 5. The van der Waals surface area contributed by atoms with Gasteiger partial charge in [0.1, 0.15) is 17.0 Å². The highest BCUT2D eigenvalue weighted by atomic mass is 32.1. The van der Waals surface area contributed by atoms with Gasteiger partial charge < -0.3 is 15.2 Å². The van der Waals surface area contributed by atoms with Gasteiger partial charge in [0.25, 0.3) is 0 Å². The van der Waals surface area contributed by atoms with Crippen molar-refractivity contribution in [3.63, 3.8) is 0 Å². The maximum atomic E-state index is 12.5. The highest BCUT2D eigenvalue weighted by Gasteiger charge is 2.33. The number of thiazole rings is 1. The van der Waals surface area contributed by atoms with E-state index in [4.69, 9.17) is 4.52 Å². The summed E-state index contributed by atoms with van der Waals surface area (Å²) >= 11 is 0.949. The van der Waals surface area contributed by atoms with Crippen LogP contribution in [0.5, 0.6) is 0 Å². The number of aromatic nitrogens is 2. The monoisotopic (exact) mass is 333 g/mol. The Morgan fingerprint density at radius 3 is 2.82 bits per heavy atom. The largest absolute Gasteiger partial charge is 0.434 e. The number of nitrogens with one attached hydrogen (secondary N) is 2. The molecule has 0 aliphatic carbocycles. The lowest BCUT2D eigenvalue weighted by Crippen LogP contribution is -2.36. The summed E-state index contributed by atoms with van der Waals surface area (Å²) in [5.74, 6) is 0.467. The fourth-order valence-electron chi connectivity index (χ4n) is 1.50. The Morgan fingerprint density at radius 2 is 2.23 bits per heavy atom. The molecule has 0 aliphatic rings. The molecule has 0 radical (unpaired) electrons. The molecule has 2 heterocycles. The molecule has 0 unspecified atom stereocenters. The van der Waals surface area contributed by atoms with Crippen LogP contribution in [0, 0.1) is 0 Å². The molecule has 2 aromatic rings. The lowest BCUT2D eigenvalue weighted by atomic mass is 10.4. The van der Waals surface area contributed by atoms with Crippen molar-refractivity contribution in [3.05, 3.63) is 34.1 Å². The van der Waals surface area contributed by atoms with Crippen LogP contribution in [-0.2, 0) is 19.3 Å². The van der Waals surface area contributed by atoms with E-state index in [9.17, 15) is 13.2 Å². The van der Waals surface area contributed by atoms with Crippen molar-refractivity contribution in [2.75, 3.05) is 6.54 Å². The normalized spacial score (nSPS) is 12.5. The minimum absolute atomic E-state index is 0.158. The van der Waals surface area contributed by atoms with Gasteiger partial charge in [-0.1, -0.05) is 5.16 Å². The van der Waals surface area contributed by atoms with Gasteiger partial charge in [0.05, 0.1) is 13.1 Å². The first-order chi connectivity index (χ1) is 10.5. The summed E-state index contributed by atoms with van der Waals surface area (Å²) in [6.45, 7) is 2.97. The molecule has 120 valence electrons. The van der Waals surface area contributed by atoms with E-state index in [0.29, 0.717) is 29.8 Å². The number of nitrogens with zero attached hydrogens (tertiary/aromatic N) is 3. The van der Waals surface area contributed by atoms with Gasteiger partial charge >= 0.3 is 6.18 Å². The third-order valence-corrected chi connectivity index (χ3v) is 3.33. The molecule has 0 spiro atoms. The van der Waals surface area contributed by atoms with E-state index in [2.05, 4.69) is 25.8 Å². The lowest BCUT2D eigenvalue weighted by Gasteiger charge is -2.09. The molecule has 2 aromatic heterocycles. The first kappa shape index (κ1) is 16.3. The van der Waals surface area contributed by atoms with Crippen molar-refractivity contribution in [3.8, 4) is 0 Å². The molecule has 0 bridgehead atoms. The van der Waals surface area contributed by atoms with Crippen molar-refractivity contribution in [2.24, 2.45) is 4.99 Å². The molecule has 0 aromatic carbocycles. The van der Waals surface area contributed by atoms with Crippen LogP contribution >= 0.6 is 11.3 Å². The fourth-order valence-corrected chi connectivity index (χ4v) is 2.24. The average Bonchev–Trinajstić information content (AvgIpc) is 3.12. The quantitative estimate of drug-likeness (QED) is 0.649. The number of guanidine groups is 1. The second-order valence-corrected chi connectivity index (χ2v) is 5.11. The number of alkyl halides is 3. The van der Waals surface area contributed by atoms with Gasteiger partial charge in [-0.25, -0.2) is 9.98 Å². The van der Waals surface area contributed by atoms with E-state index >= 15 is 0 Å². The topological polar surface area (TPSA) is 75.3 Å². The van der Waals surface area contributed by atoms with Crippen LogP contribution in [0.1, 0.15) is 23.3 Å². The van der Waals surface area contributed by atoms with Crippen molar-refractivity contribution in [2.45, 2.75) is 26.2 Å². The molecule has 0 amide bonds. The highest BCUT2D eigenvalue weighted by Crippen LogP contribution is 2.29. The molecule has 10 heteroatoms. The molecule has 0 saturated carbocycles. The van der Waals surface area contributed by atoms with Gasteiger partial charge in [-0.3, -0.25) is 0 Å². The zero-order chi connectivity index (χ0) is 16.0. The van der Waals surface area contributed by atoms with Crippen molar-refractivity contribution < 1.29 is 17.7 Å². The van der Waals surface area contributed by atoms with Gasteiger partial charge in [-0.05, 0) is 6.92 Å². The number of hydrogen-bond donors (Lipinski definition) is 2. The van der Waals surface area contributed by atoms with Gasteiger partial charge in [0, 0.05) is 18.0 Å². The maximum Gasteiger partial charge on any atom is 0.434 e. The van der Waals surface area contributed by atoms with Crippen LogP contribution in [0.25, 0.3) is 0 Å². The predicted molar refractivity (Wildman–Crippen MR) is 75.3 cm³/mol. The Kier molecular flexibility index (Phi) is 5.36. The molecule has 2 rings (SSSR count).